The van der Waals surface area contributed by atoms with Crippen LogP contribution in [-0.2, 0) is 28.9 Å². The predicted molar refractivity (Wildman–Crippen MR) is 121 cm³/mol. The van der Waals surface area contributed by atoms with E-state index in [1.165, 1.54) is 22.5 Å². The second-order valence-corrected chi connectivity index (χ2v) is 8.33. The van der Waals surface area contributed by atoms with E-state index in [0.717, 1.165) is 42.9 Å². The molecule has 162 valence electrons. The quantitative estimate of drug-likeness (QED) is 0.765. The molecule has 5 rings (SSSR count). The molecule has 0 aliphatic carbocycles. The maximum atomic E-state index is 12.1. The molecule has 0 atom stereocenters. The number of hydrogen-bond acceptors (Lipinski definition) is 6. The lowest BCUT2D eigenvalue weighted by molar-refractivity contribution is -0.129. The first-order chi connectivity index (χ1) is 15.1. The van der Waals surface area contributed by atoms with E-state index in [4.69, 9.17) is 15.6 Å². The van der Waals surface area contributed by atoms with Gasteiger partial charge in [-0.1, -0.05) is 6.07 Å². The first-order valence-electron chi connectivity index (χ1n) is 10.8. The van der Waals surface area contributed by atoms with Gasteiger partial charge in [0.25, 0.3) is 0 Å². The van der Waals surface area contributed by atoms with Crippen LogP contribution in [0.4, 0.5) is 11.5 Å². The van der Waals surface area contributed by atoms with Crippen molar-refractivity contribution in [3.05, 3.63) is 46.8 Å². The molecule has 1 saturated heterocycles. The fourth-order valence-electron chi connectivity index (χ4n) is 4.73. The van der Waals surface area contributed by atoms with E-state index in [-0.39, 0.29) is 5.91 Å². The van der Waals surface area contributed by atoms with Crippen LogP contribution >= 0.6 is 0 Å². The largest absolute Gasteiger partial charge is 0.404 e. The summed E-state index contributed by atoms with van der Waals surface area (Å²) in [7, 11) is 1.75. The Morgan fingerprint density at radius 3 is 2.81 bits per heavy atom. The number of aliphatic imine (C=N–C) groups is 1. The van der Waals surface area contributed by atoms with Crippen LogP contribution in [-0.4, -0.2) is 60.2 Å². The van der Waals surface area contributed by atoms with Crippen LogP contribution in [0.1, 0.15) is 35.3 Å². The van der Waals surface area contributed by atoms with E-state index >= 15 is 0 Å². The molecule has 2 N–H and O–H groups in total. The molecule has 3 aliphatic heterocycles. The van der Waals surface area contributed by atoms with Crippen LogP contribution in [0.15, 0.2) is 29.4 Å². The van der Waals surface area contributed by atoms with Gasteiger partial charge in [0, 0.05) is 68.4 Å². The van der Waals surface area contributed by atoms with Crippen molar-refractivity contribution in [1.29, 1.82) is 0 Å². The summed E-state index contributed by atoms with van der Waals surface area (Å²) < 4.78 is 7.59. The van der Waals surface area contributed by atoms with Gasteiger partial charge >= 0.3 is 0 Å². The van der Waals surface area contributed by atoms with Crippen LogP contribution in [0.3, 0.4) is 0 Å². The molecule has 0 saturated carbocycles. The van der Waals surface area contributed by atoms with Crippen molar-refractivity contribution < 1.29 is 9.53 Å². The molecule has 3 aliphatic rings. The number of benzene rings is 1. The number of ether oxygens (including phenoxy) is 1. The van der Waals surface area contributed by atoms with Gasteiger partial charge in [-0.05, 0) is 29.7 Å². The first-order valence-corrected chi connectivity index (χ1v) is 10.8. The van der Waals surface area contributed by atoms with Gasteiger partial charge in [-0.2, -0.15) is 5.10 Å². The molecule has 1 fully saturated rings. The fourth-order valence-corrected chi connectivity index (χ4v) is 4.73. The molecule has 8 nitrogen and oxygen atoms in total. The minimum absolute atomic E-state index is 0.112. The molecule has 1 aromatic carbocycles. The minimum atomic E-state index is 0.112. The van der Waals surface area contributed by atoms with Gasteiger partial charge in [0.05, 0.1) is 25.8 Å². The average molecular weight is 421 g/mol. The highest BCUT2D eigenvalue weighted by Gasteiger charge is 2.35. The lowest BCUT2D eigenvalue weighted by Gasteiger charge is -2.31. The predicted octanol–water partition coefficient (Wildman–Crippen LogP) is 2.05. The number of nitrogens with zero attached hydrogens (tertiary/aromatic N) is 5. The Kier molecular flexibility index (Phi) is 5.02. The summed E-state index contributed by atoms with van der Waals surface area (Å²) in [4.78, 5) is 20.4. The number of aromatic nitrogens is 2. The third-order valence-electron chi connectivity index (χ3n) is 6.49. The number of carbonyl (C=O) groups is 1. The van der Waals surface area contributed by atoms with Gasteiger partial charge in [-0.3, -0.25) is 14.5 Å². The Hall–Kier alpha value is -3.13. The van der Waals surface area contributed by atoms with Crippen molar-refractivity contribution in [2.75, 3.05) is 38.3 Å². The highest BCUT2D eigenvalue weighted by atomic mass is 16.5. The lowest BCUT2D eigenvalue weighted by Crippen LogP contribution is -2.37. The number of amides is 1. The van der Waals surface area contributed by atoms with Crippen molar-refractivity contribution in [2.24, 2.45) is 10.7 Å². The number of rotatable bonds is 4. The molecule has 2 aromatic rings. The van der Waals surface area contributed by atoms with E-state index in [2.05, 4.69) is 32.8 Å². The Bertz CT molecular complexity index is 1080. The fraction of sp³-hybridized carbons (Fsp3) is 0.435. The maximum Gasteiger partial charge on any atom is 0.219 e. The summed E-state index contributed by atoms with van der Waals surface area (Å²) >= 11 is 0. The van der Waals surface area contributed by atoms with Gasteiger partial charge in [0.2, 0.25) is 5.91 Å². The van der Waals surface area contributed by atoms with Crippen LogP contribution in [0.2, 0.25) is 0 Å². The lowest BCUT2D eigenvalue weighted by atomic mass is 10.0. The Morgan fingerprint density at radius 1 is 1.29 bits per heavy atom. The number of nitrogens with two attached hydrogens (primary N) is 1. The van der Waals surface area contributed by atoms with Gasteiger partial charge in [-0.15, -0.1) is 0 Å². The topological polar surface area (TPSA) is 89.0 Å². The highest BCUT2D eigenvalue weighted by Crippen LogP contribution is 2.40. The number of carbonyl (C=O) groups excluding carboxylic acids is 1. The zero-order chi connectivity index (χ0) is 21.5. The zero-order valence-electron chi connectivity index (χ0n) is 18.0. The minimum Gasteiger partial charge on any atom is -0.404 e. The molecule has 4 heterocycles. The summed E-state index contributed by atoms with van der Waals surface area (Å²) in [6.07, 6.45) is 5.15. The van der Waals surface area contributed by atoms with Crippen molar-refractivity contribution in [1.82, 2.24) is 14.7 Å². The number of fused-ring (bicyclic) bond motifs is 2. The van der Waals surface area contributed by atoms with Crippen molar-refractivity contribution in [2.45, 2.75) is 32.4 Å². The molecular weight excluding hydrogens is 392 g/mol. The van der Waals surface area contributed by atoms with Crippen molar-refractivity contribution >= 4 is 29.2 Å². The van der Waals surface area contributed by atoms with Crippen molar-refractivity contribution in [3.63, 3.8) is 0 Å². The van der Waals surface area contributed by atoms with Crippen LogP contribution in [0.5, 0.6) is 0 Å². The molecule has 31 heavy (non-hydrogen) atoms. The van der Waals surface area contributed by atoms with Crippen LogP contribution in [0.25, 0.3) is 5.57 Å². The summed E-state index contributed by atoms with van der Waals surface area (Å²) in [6.45, 7) is 5.28. The zero-order valence-corrected chi connectivity index (χ0v) is 18.0. The van der Waals surface area contributed by atoms with Crippen molar-refractivity contribution in [3.8, 4) is 0 Å². The third-order valence-corrected chi connectivity index (χ3v) is 6.49. The van der Waals surface area contributed by atoms with Crippen LogP contribution in [0, 0.1) is 0 Å². The number of anilines is 2. The monoisotopic (exact) mass is 420 g/mol. The second kappa shape index (κ2) is 7.85. The molecule has 1 amide bonds. The third kappa shape index (κ3) is 3.31. The Balaban J connectivity index is 1.53. The van der Waals surface area contributed by atoms with Gasteiger partial charge in [0.1, 0.15) is 0 Å². The van der Waals surface area contributed by atoms with E-state index in [1.54, 1.807) is 26.4 Å². The standard InChI is InChI=1S/C23H28N6O2/c1-15(30)27-7-6-22-20(12-27)23(26-29(22)19-13-31-14-19)28-8-5-17-9-16(3-4-21(17)28)18(10-24)11-25-2/h3-4,9-11,19H,5-8,12-14,24H2,1-2H3. The molecule has 0 spiro atoms. The van der Waals surface area contributed by atoms with E-state index < -0.39 is 0 Å². The normalized spacial score (nSPS) is 19.0. The van der Waals surface area contributed by atoms with Crippen LogP contribution < -0.4 is 10.6 Å². The van der Waals surface area contributed by atoms with Gasteiger partial charge in [-0.25, -0.2) is 0 Å². The SMILES string of the molecule is CN=CC(=CN)c1ccc2c(c1)CCN2c1nn(C2COC2)c2c1CN(C(C)=O)CC2. The van der Waals surface area contributed by atoms with E-state index in [1.807, 2.05) is 4.90 Å². The average Bonchev–Trinajstić information content (AvgIpc) is 3.31. The molecule has 0 radical (unpaired) electrons. The molecule has 8 heteroatoms. The second-order valence-electron chi connectivity index (χ2n) is 8.33. The Labute approximate surface area is 182 Å². The smallest absolute Gasteiger partial charge is 0.219 e. The summed E-state index contributed by atoms with van der Waals surface area (Å²) in [5.41, 5.74) is 12.6. The highest BCUT2D eigenvalue weighted by molar-refractivity contribution is 6.09. The van der Waals surface area contributed by atoms with E-state index in [0.29, 0.717) is 25.8 Å². The first kappa shape index (κ1) is 19.8. The van der Waals surface area contributed by atoms with E-state index in [9.17, 15) is 4.79 Å². The molecule has 0 unspecified atom stereocenters. The van der Waals surface area contributed by atoms with Gasteiger partial charge < -0.3 is 20.3 Å². The number of allylic oxidation sites excluding steroid dienone is 1. The van der Waals surface area contributed by atoms with Gasteiger partial charge in [0.15, 0.2) is 5.82 Å². The Morgan fingerprint density at radius 2 is 2.13 bits per heavy atom. The molecule has 0 bridgehead atoms. The molecule has 1 aromatic heterocycles. The maximum absolute atomic E-state index is 12.1. The summed E-state index contributed by atoms with van der Waals surface area (Å²) in [5.74, 6) is 1.09. The molecular formula is C23H28N6O2. The number of hydrogen-bond donors (Lipinski definition) is 1. The summed E-state index contributed by atoms with van der Waals surface area (Å²) in [5, 5.41) is 5.06. The summed E-state index contributed by atoms with van der Waals surface area (Å²) in [6, 6.07) is 6.72.